The molecule has 0 spiro atoms. The molecule has 0 aromatic carbocycles. The molecule has 102 valence electrons. The number of rotatable bonds is 5. The first kappa shape index (κ1) is 13.6. The number of hydrogen-bond acceptors (Lipinski definition) is 4. The Balaban J connectivity index is 2.45. The molecule has 1 N–H and O–H groups in total. The van der Waals surface area contributed by atoms with Crippen LogP contribution in [0.1, 0.15) is 12.7 Å². The van der Waals surface area contributed by atoms with E-state index in [1.54, 1.807) is 23.8 Å². The molecule has 0 saturated heterocycles. The van der Waals surface area contributed by atoms with Gasteiger partial charge in [0.2, 0.25) is 11.8 Å². The number of hydrogen-bond donors (Lipinski definition) is 1. The summed E-state index contributed by atoms with van der Waals surface area (Å²) in [4.78, 5) is 20.4. The number of nitrogens with one attached hydrogen (secondary N) is 1. The van der Waals surface area contributed by atoms with Gasteiger partial charge < -0.3 is 14.6 Å². The molecule has 0 bridgehead atoms. The van der Waals surface area contributed by atoms with Gasteiger partial charge in [-0.05, 0) is 13.0 Å². The Morgan fingerprint density at radius 2 is 2.26 bits per heavy atom. The van der Waals surface area contributed by atoms with Crippen molar-refractivity contribution in [2.75, 3.05) is 13.7 Å². The third-order valence-corrected chi connectivity index (χ3v) is 2.89. The Labute approximate surface area is 115 Å². The quantitative estimate of drug-likeness (QED) is 0.840. The van der Waals surface area contributed by atoms with Gasteiger partial charge in [0, 0.05) is 12.6 Å². The highest BCUT2D eigenvalue weighted by molar-refractivity contribution is 6.16. The number of pyridine rings is 1. The lowest BCUT2D eigenvalue weighted by atomic mass is 10.4. The molecule has 0 aliphatic rings. The molecule has 0 aliphatic heterocycles. The minimum atomic E-state index is -0.0993. The fourth-order valence-electron chi connectivity index (χ4n) is 1.81. The molecule has 0 saturated carbocycles. The SMILES string of the molecule is CCNC(=O)Cn1c(CCl)nc2ccc(OC)nc21. The molecular formula is C12H15ClN4O2. The van der Waals surface area contributed by atoms with E-state index in [9.17, 15) is 4.79 Å². The van der Waals surface area contributed by atoms with E-state index >= 15 is 0 Å². The Kier molecular flexibility index (Phi) is 4.21. The second kappa shape index (κ2) is 5.88. The number of likely N-dealkylation sites (N-methyl/N-ethyl adjacent to an activating group) is 1. The van der Waals surface area contributed by atoms with Crippen LogP contribution in [0.5, 0.6) is 5.88 Å². The second-order valence-electron chi connectivity index (χ2n) is 3.90. The van der Waals surface area contributed by atoms with Gasteiger partial charge in [-0.1, -0.05) is 0 Å². The fraction of sp³-hybridized carbons (Fsp3) is 0.417. The standard InChI is InChI=1S/C12H15ClN4O2/c1-3-14-10(18)7-17-9(6-13)15-8-4-5-11(19-2)16-12(8)17/h4-5H,3,6-7H2,1-2H3,(H,14,18). The topological polar surface area (TPSA) is 69.0 Å². The van der Waals surface area contributed by atoms with Gasteiger partial charge in [0.05, 0.1) is 13.0 Å². The van der Waals surface area contributed by atoms with E-state index in [0.717, 1.165) is 0 Å². The zero-order chi connectivity index (χ0) is 13.8. The van der Waals surface area contributed by atoms with Crippen molar-refractivity contribution in [3.05, 3.63) is 18.0 Å². The van der Waals surface area contributed by atoms with E-state index in [4.69, 9.17) is 16.3 Å². The van der Waals surface area contributed by atoms with Gasteiger partial charge in [0.15, 0.2) is 5.65 Å². The summed E-state index contributed by atoms with van der Waals surface area (Å²) in [6.45, 7) is 2.60. The van der Waals surface area contributed by atoms with Crippen molar-refractivity contribution in [1.29, 1.82) is 0 Å². The summed E-state index contributed by atoms with van der Waals surface area (Å²) >= 11 is 5.86. The van der Waals surface area contributed by atoms with Crippen molar-refractivity contribution >= 4 is 28.7 Å². The summed E-state index contributed by atoms with van der Waals surface area (Å²) in [5, 5.41) is 2.74. The van der Waals surface area contributed by atoms with Crippen molar-refractivity contribution in [2.24, 2.45) is 0 Å². The van der Waals surface area contributed by atoms with Gasteiger partial charge in [-0.15, -0.1) is 11.6 Å². The Morgan fingerprint density at radius 1 is 1.47 bits per heavy atom. The van der Waals surface area contributed by atoms with E-state index < -0.39 is 0 Å². The lowest BCUT2D eigenvalue weighted by Gasteiger charge is -2.07. The summed E-state index contributed by atoms with van der Waals surface area (Å²) in [6.07, 6.45) is 0. The van der Waals surface area contributed by atoms with Crippen LogP contribution in [-0.2, 0) is 17.2 Å². The first-order chi connectivity index (χ1) is 9.19. The Morgan fingerprint density at radius 3 is 2.89 bits per heavy atom. The maximum absolute atomic E-state index is 11.7. The molecule has 0 radical (unpaired) electrons. The molecule has 0 unspecified atom stereocenters. The molecular weight excluding hydrogens is 268 g/mol. The van der Waals surface area contributed by atoms with Crippen LogP contribution >= 0.6 is 11.6 Å². The van der Waals surface area contributed by atoms with Gasteiger partial charge in [0.1, 0.15) is 17.9 Å². The summed E-state index contributed by atoms with van der Waals surface area (Å²) < 4.78 is 6.79. The lowest BCUT2D eigenvalue weighted by Crippen LogP contribution is -2.27. The maximum atomic E-state index is 11.7. The van der Waals surface area contributed by atoms with Crippen LogP contribution in [-0.4, -0.2) is 34.1 Å². The summed E-state index contributed by atoms with van der Waals surface area (Å²) in [5.74, 6) is 1.21. The van der Waals surface area contributed by atoms with Crippen molar-refractivity contribution in [1.82, 2.24) is 19.9 Å². The number of methoxy groups -OCH3 is 1. The van der Waals surface area contributed by atoms with E-state index in [-0.39, 0.29) is 18.3 Å². The van der Waals surface area contributed by atoms with Crippen LogP contribution in [0.4, 0.5) is 0 Å². The number of carbonyl (C=O) groups is 1. The summed E-state index contributed by atoms with van der Waals surface area (Å²) in [6, 6.07) is 3.52. The first-order valence-electron chi connectivity index (χ1n) is 5.92. The van der Waals surface area contributed by atoms with Gasteiger partial charge in [-0.2, -0.15) is 4.98 Å². The van der Waals surface area contributed by atoms with Crippen LogP contribution in [0.15, 0.2) is 12.1 Å². The lowest BCUT2D eigenvalue weighted by molar-refractivity contribution is -0.121. The van der Waals surface area contributed by atoms with E-state index in [2.05, 4.69) is 15.3 Å². The zero-order valence-electron chi connectivity index (χ0n) is 10.8. The van der Waals surface area contributed by atoms with Gasteiger partial charge in [0.25, 0.3) is 0 Å². The number of aromatic nitrogens is 3. The smallest absolute Gasteiger partial charge is 0.240 e. The number of alkyl halides is 1. The largest absolute Gasteiger partial charge is 0.481 e. The minimum Gasteiger partial charge on any atom is -0.481 e. The van der Waals surface area contributed by atoms with Crippen molar-refractivity contribution in [3.63, 3.8) is 0 Å². The van der Waals surface area contributed by atoms with E-state index in [1.165, 1.54) is 0 Å². The monoisotopic (exact) mass is 282 g/mol. The molecule has 0 fully saturated rings. The predicted molar refractivity (Wildman–Crippen MR) is 72.3 cm³/mol. The number of nitrogens with zero attached hydrogens (tertiary/aromatic N) is 3. The fourth-order valence-corrected chi connectivity index (χ4v) is 2.01. The van der Waals surface area contributed by atoms with Gasteiger partial charge in [-0.3, -0.25) is 4.79 Å². The Bertz CT molecular complexity index is 597. The first-order valence-corrected chi connectivity index (χ1v) is 6.45. The average molecular weight is 283 g/mol. The van der Waals surface area contributed by atoms with E-state index in [0.29, 0.717) is 29.4 Å². The second-order valence-corrected chi connectivity index (χ2v) is 4.16. The maximum Gasteiger partial charge on any atom is 0.240 e. The number of carbonyl (C=O) groups excluding carboxylic acids is 1. The molecule has 2 aromatic rings. The van der Waals surface area contributed by atoms with Crippen LogP contribution in [0.2, 0.25) is 0 Å². The predicted octanol–water partition coefficient (Wildman–Crippen LogP) is 1.31. The van der Waals surface area contributed by atoms with Crippen LogP contribution < -0.4 is 10.1 Å². The molecule has 0 atom stereocenters. The molecule has 2 rings (SSSR count). The van der Waals surface area contributed by atoms with Crippen LogP contribution in [0.25, 0.3) is 11.2 Å². The van der Waals surface area contributed by atoms with Gasteiger partial charge >= 0.3 is 0 Å². The van der Waals surface area contributed by atoms with E-state index in [1.807, 2.05) is 6.92 Å². The molecule has 7 heteroatoms. The number of halogens is 1. The summed E-state index contributed by atoms with van der Waals surface area (Å²) in [7, 11) is 1.54. The number of ether oxygens (including phenoxy) is 1. The number of fused-ring (bicyclic) bond motifs is 1. The van der Waals surface area contributed by atoms with Crippen molar-refractivity contribution in [3.8, 4) is 5.88 Å². The van der Waals surface area contributed by atoms with Gasteiger partial charge in [-0.25, -0.2) is 4.98 Å². The normalized spacial score (nSPS) is 10.7. The third-order valence-electron chi connectivity index (χ3n) is 2.65. The molecule has 19 heavy (non-hydrogen) atoms. The average Bonchev–Trinajstić information content (AvgIpc) is 2.76. The van der Waals surface area contributed by atoms with Crippen LogP contribution in [0.3, 0.4) is 0 Å². The number of amides is 1. The molecule has 0 aliphatic carbocycles. The highest BCUT2D eigenvalue weighted by atomic mass is 35.5. The molecule has 2 aromatic heterocycles. The van der Waals surface area contributed by atoms with Crippen molar-refractivity contribution in [2.45, 2.75) is 19.3 Å². The highest BCUT2D eigenvalue weighted by Gasteiger charge is 2.14. The Hall–Kier alpha value is -1.82. The zero-order valence-corrected chi connectivity index (χ0v) is 11.6. The minimum absolute atomic E-state index is 0.0993. The number of imidazole rings is 1. The van der Waals surface area contributed by atoms with Crippen molar-refractivity contribution < 1.29 is 9.53 Å². The molecule has 1 amide bonds. The molecule has 2 heterocycles. The third kappa shape index (κ3) is 2.78. The van der Waals surface area contributed by atoms with Crippen LogP contribution in [0, 0.1) is 0 Å². The molecule has 6 nitrogen and oxygen atoms in total. The summed E-state index contributed by atoms with van der Waals surface area (Å²) in [5.41, 5.74) is 1.29. The highest BCUT2D eigenvalue weighted by Crippen LogP contribution is 2.19.